The van der Waals surface area contributed by atoms with Gasteiger partial charge in [-0.15, -0.1) is 0 Å². The van der Waals surface area contributed by atoms with E-state index in [4.69, 9.17) is 9.47 Å². The lowest BCUT2D eigenvalue weighted by Gasteiger charge is -2.24. The van der Waals surface area contributed by atoms with Crippen LogP contribution in [0.15, 0.2) is 0 Å². The van der Waals surface area contributed by atoms with Crippen LogP contribution in [0.25, 0.3) is 0 Å². The van der Waals surface area contributed by atoms with Crippen molar-refractivity contribution in [3.8, 4) is 0 Å². The Morgan fingerprint density at radius 2 is 2.06 bits per heavy atom. The molecule has 2 N–H and O–H groups in total. The molecule has 0 aromatic heterocycles. The maximum Gasteiger partial charge on any atom is 0.234 e. The Balaban J connectivity index is 2.31. The van der Waals surface area contributed by atoms with E-state index in [1.165, 1.54) is 0 Å². The number of ether oxygens (including phenoxy) is 2. The van der Waals surface area contributed by atoms with Crippen LogP contribution in [0.3, 0.4) is 0 Å². The lowest BCUT2D eigenvalue weighted by molar-refractivity contribution is -0.136. The van der Waals surface area contributed by atoms with Crippen LogP contribution in [0.2, 0.25) is 0 Å². The van der Waals surface area contributed by atoms with E-state index in [9.17, 15) is 4.79 Å². The first-order valence-corrected chi connectivity index (χ1v) is 6.45. The van der Waals surface area contributed by atoms with Crippen molar-refractivity contribution in [2.75, 3.05) is 46.9 Å². The minimum atomic E-state index is -0.403. The van der Waals surface area contributed by atoms with Gasteiger partial charge in [0.05, 0.1) is 12.6 Å². The van der Waals surface area contributed by atoms with E-state index in [1.807, 2.05) is 6.92 Å². The van der Waals surface area contributed by atoms with Crippen LogP contribution in [0.1, 0.15) is 13.3 Å². The topological polar surface area (TPSA) is 62.8 Å². The van der Waals surface area contributed by atoms with Crippen molar-refractivity contribution < 1.29 is 14.3 Å². The van der Waals surface area contributed by atoms with Gasteiger partial charge < -0.3 is 20.1 Å². The summed E-state index contributed by atoms with van der Waals surface area (Å²) in [5.41, 5.74) is 0. The highest BCUT2D eigenvalue weighted by molar-refractivity contribution is 5.78. The van der Waals surface area contributed by atoms with Crippen LogP contribution >= 0.6 is 0 Å². The molecular weight excluding hydrogens is 234 g/mol. The Morgan fingerprint density at radius 1 is 1.33 bits per heavy atom. The molecule has 0 bridgehead atoms. The Hall–Kier alpha value is -0.690. The first kappa shape index (κ1) is 15.4. The molecule has 0 aliphatic carbocycles. The highest BCUT2D eigenvalue weighted by Crippen LogP contribution is 1.99. The van der Waals surface area contributed by atoms with Gasteiger partial charge in [-0.1, -0.05) is 0 Å². The molecule has 1 aliphatic heterocycles. The quantitative estimate of drug-likeness (QED) is 0.624. The van der Waals surface area contributed by atoms with E-state index in [0.29, 0.717) is 6.54 Å². The van der Waals surface area contributed by atoms with Crippen molar-refractivity contribution in [1.29, 1.82) is 0 Å². The molecule has 0 spiro atoms. The lowest BCUT2D eigenvalue weighted by Crippen LogP contribution is -2.47. The third-order valence-electron chi connectivity index (χ3n) is 3.06. The van der Waals surface area contributed by atoms with Gasteiger partial charge >= 0.3 is 0 Å². The summed E-state index contributed by atoms with van der Waals surface area (Å²) in [5.74, 6) is 0.0171. The summed E-state index contributed by atoms with van der Waals surface area (Å²) in [7, 11) is 3.13. The van der Waals surface area contributed by atoms with Gasteiger partial charge in [0.15, 0.2) is 6.29 Å². The smallest absolute Gasteiger partial charge is 0.234 e. The summed E-state index contributed by atoms with van der Waals surface area (Å²) in [6.45, 7) is 6.17. The molecule has 0 aromatic carbocycles. The second kappa shape index (κ2) is 8.42. The minimum Gasteiger partial charge on any atom is -0.354 e. The number of rotatable bonds is 6. The molecule has 0 radical (unpaired) electrons. The summed E-state index contributed by atoms with van der Waals surface area (Å²) in [6, 6.07) is -0.155. The first-order chi connectivity index (χ1) is 8.67. The van der Waals surface area contributed by atoms with Crippen LogP contribution in [0.5, 0.6) is 0 Å². The third kappa shape index (κ3) is 5.30. The van der Waals surface area contributed by atoms with E-state index in [0.717, 1.165) is 32.6 Å². The van der Waals surface area contributed by atoms with Crippen molar-refractivity contribution in [1.82, 2.24) is 15.5 Å². The fourth-order valence-electron chi connectivity index (χ4n) is 2.13. The molecule has 6 nitrogen and oxygen atoms in total. The van der Waals surface area contributed by atoms with E-state index < -0.39 is 6.29 Å². The van der Waals surface area contributed by atoms with Crippen molar-refractivity contribution in [2.45, 2.75) is 25.7 Å². The number of methoxy groups -OCH3 is 2. The molecule has 1 fully saturated rings. The van der Waals surface area contributed by atoms with Crippen LogP contribution in [-0.2, 0) is 14.3 Å². The fraction of sp³-hybridized carbons (Fsp3) is 0.917. The van der Waals surface area contributed by atoms with E-state index in [1.54, 1.807) is 14.2 Å². The van der Waals surface area contributed by atoms with Gasteiger partial charge in [-0.3, -0.25) is 9.69 Å². The second-order valence-corrected chi connectivity index (χ2v) is 4.58. The zero-order valence-corrected chi connectivity index (χ0v) is 11.6. The average Bonchev–Trinajstić information content (AvgIpc) is 2.59. The zero-order valence-electron chi connectivity index (χ0n) is 11.6. The minimum absolute atomic E-state index is 0.0171. The van der Waals surface area contributed by atoms with Crippen LogP contribution in [-0.4, -0.2) is 70.1 Å². The van der Waals surface area contributed by atoms with Crippen molar-refractivity contribution in [2.24, 2.45) is 0 Å². The van der Waals surface area contributed by atoms with E-state index >= 15 is 0 Å². The molecule has 1 aliphatic rings. The van der Waals surface area contributed by atoms with Crippen LogP contribution in [0, 0.1) is 0 Å². The Bertz CT molecular complexity index is 233. The molecule has 0 saturated carbocycles. The third-order valence-corrected chi connectivity index (χ3v) is 3.06. The molecule has 18 heavy (non-hydrogen) atoms. The van der Waals surface area contributed by atoms with Crippen LogP contribution in [0.4, 0.5) is 0 Å². The highest BCUT2D eigenvalue weighted by atomic mass is 16.7. The SMILES string of the molecule is COC(OC)C(C)NC(=O)CN1CCCNCC1. The molecule has 1 rings (SSSR count). The monoisotopic (exact) mass is 259 g/mol. The van der Waals surface area contributed by atoms with E-state index in [2.05, 4.69) is 15.5 Å². The number of hydrogen-bond donors (Lipinski definition) is 2. The fourth-order valence-corrected chi connectivity index (χ4v) is 2.13. The average molecular weight is 259 g/mol. The summed E-state index contributed by atoms with van der Waals surface area (Å²) in [4.78, 5) is 14.0. The molecular formula is C12H25N3O3. The first-order valence-electron chi connectivity index (χ1n) is 6.45. The van der Waals surface area contributed by atoms with Gasteiger partial charge in [-0.2, -0.15) is 0 Å². The molecule has 1 atom stereocenters. The highest BCUT2D eigenvalue weighted by Gasteiger charge is 2.19. The molecule has 106 valence electrons. The molecule has 6 heteroatoms. The molecule has 1 unspecified atom stereocenters. The summed E-state index contributed by atoms with van der Waals surface area (Å²) in [6.07, 6.45) is 0.682. The van der Waals surface area contributed by atoms with Crippen molar-refractivity contribution in [3.63, 3.8) is 0 Å². The number of carbonyl (C=O) groups is 1. The van der Waals surface area contributed by atoms with E-state index in [-0.39, 0.29) is 11.9 Å². The summed E-state index contributed by atoms with van der Waals surface area (Å²) in [5, 5.41) is 6.21. The number of amides is 1. The lowest BCUT2D eigenvalue weighted by atomic mass is 10.3. The predicted octanol–water partition coefficient (Wildman–Crippen LogP) is -0.595. The van der Waals surface area contributed by atoms with Gasteiger partial charge in [0.2, 0.25) is 5.91 Å². The number of hydrogen-bond acceptors (Lipinski definition) is 5. The standard InChI is InChI=1S/C12H25N3O3/c1-10(12(17-2)18-3)14-11(16)9-15-7-4-5-13-6-8-15/h10,12-13H,4-9H2,1-3H3,(H,14,16). The normalized spacial score (nSPS) is 19.6. The largest absolute Gasteiger partial charge is 0.354 e. The maximum absolute atomic E-state index is 11.9. The van der Waals surface area contributed by atoms with Gasteiger partial charge in [0.25, 0.3) is 0 Å². The maximum atomic E-state index is 11.9. The van der Waals surface area contributed by atoms with Crippen molar-refractivity contribution in [3.05, 3.63) is 0 Å². The van der Waals surface area contributed by atoms with Gasteiger partial charge in [0.1, 0.15) is 0 Å². The predicted molar refractivity (Wildman–Crippen MR) is 69.3 cm³/mol. The van der Waals surface area contributed by atoms with Crippen LogP contribution < -0.4 is 10.6 Å². The number of nitrogens with zero attached hydrogens (tertiary/aromatic N) is 1. The van der Waals surface area contributed by atoms with Gasteiger partial charge in [0, 0.05) is 27.3 Å². The Labute approximate surface area is 109 Å². The van der Waals surface area contributed by atoms with Gasteiger partial charge in [-0.05, 0) is 26.4 Å². The summed E-state index contributed by atoms with van der Waals surface area (Å²) >= 11 is 0. The number of carbonyl (C=O) groups excluding carboxylic acids is 1. The molecule has 1 amide bonds. The number of nitrogens with one attached hydrogen (secondary N) is 2. The molecule has 1 heterocycles. The van der Waals surface area contributed by atoms with Crippen molar-refractivity contribution >= 4 is 5.91 Å². The molecule has 1 saturated heterocycles. The Morgan fingerprint density at radius 3 is 2.72 bits per heavy atom. The molecule has 0 aromatic rings. The summed E-state index contributed by atoms with van der Waals surface area (Å²) < 4.78 is 10.2. The Kier molecular flexibility index (Phi) is 7.19. The zero-order chi connectivity index (χ0) is 13.4. The second-order valence-electron chi connectivity index (χ2n) is 4.58. The van der Waals surface area contributed by atoms with Gasteiger partial charge in [-0.25, -0.2) is 0 Å².